The third kappa shape index (κ3) is 8.88. The van der Waals surface area contributed by atoms with E-state index in [2.05, 4.69) is 12.1 Å². The first-order chi connectivity index (χ1) is 16.1. The number of esters is 2. The molecule has 0 saturated carbocycles. The van der Waals surface area contributed by atoms with E-state index in [-0.39, 0.29) is 18.7 Å². The molecule has 1 amide bonds. The van der Waals surface area contributed by atoms with Crippen LogP contribution in [0.5, 0.6) is 0 Å². The van der Waals surface area contributed by atoms with Crippen LogP contribution in [0.25, 0.3) is 0 Å². The highest BCUT2D eigenvalue weighted by Gasteiger charge is 2.38. The summed E-state index contributed by atoms with van der Waals surface area (Å²) in [6.07, 6.45) is 3.60. The molecule has 190 valence electrons. The number of aryl methyl sites for hydroxylation is 1. The Bertz CT molecular complexity index is 866. The van der Waals surface area contributed by atoms with Crippen LogP contribution in [0, 0.1) is 5.41 Å². The van der Waals surface area contributed by atoms with E-state index >= 15 is 0 Å². The minimum atomic E-state index is -3.17. The van der Waals surface area contributed by atoms with Gasteiger partial charge in [-0.05, 0) is 65.4 Å². The number of carbonyl (C=O) groups is 3. The van der Waals surface area contributed by atoms with E-state index in [4.69, 9.17) is 14.0 Å². The predicted molar refractivity (Wildman–Crippen MR) is 130 cm³/mol. The number of amides is 1. The standard InChI is InChI=1S/C25H38NO7P/c1-5-33-34(30,17-10-9-14-20-12-7-6-8-13-20)18-22(27)26-16-11-15-21(26)23(28)31-19-32-24(29)25(2,3)4/h6-8,12-13,21H,5,9-11,14-19H2,1-4H3/t21-,34?/m0/s1. The maximum Gasteiger partial charge on any atom is 0.331 e. The Kier molecular flexibility index (Phi) is 10.8. The summed E-state index contributed by atoms with van der Waals surface area (Å²) in [5.41, 5.74) is 0.514. The summed E-state index contributed by atoms with van der Waals surface area (Å²) in [7, 11) is -3.17. The Morgan fingerprint density at radius 2 is 1.79 bits per heavy atom. The van der Waals surface area contributed by atoms with Crippen molar-refractivity contribution in [1.29, 1.82) is 0 Å². The van der Waals surface area contributed by atoms with Gasteiger partial charge in [-0.25, -0.2) is 4.79 Å². The van der Waals surface area contributed by atoms with Gasteiger partial charge in [0.2, 0.25) is 20.1 Å². The van der Waals surface area contributed by atoms with Crippen molar-refractivity contribution < 1.29 is 32.9 Å². The average Bonchev–Trinajstić information content (AvgIpc) is 3.27. The van der Waals surface area contributed by atoms with E-state index in [0.717, 1.165) is 12.8 Å². The molecular weight excluding hydrogens is 457 g/mol. The van der Waals surface area contributed by atoms with Crippen molar-refractivity contribution in [2.75, 3.05) is 32.3 Å². The van der Waals surface area contributed by atoms with Crippen LogP contribution in [0.4, 0.5) is 0 Å². The quantitative estimate of drug-likeness (QED) is 0.183. The molecule has 1 fully saturated rings. The van der Waals surface area contributed by atoms with E-state index in [1.807, 2.05) is 18.2 Å². The first-order valence-electron chi connectivity index (χ1n) is 12.0. The molecule has 2 rings (SSSR count). The Balaban J connectivity index is 1.87. The third-order valence-corrected chi connectivity index (χ3v) is 8.13. The predicted octanol–water partition coefficient (Wildman–Crippen LogP) is 4.40. The van der Waals surface area contributed by atoms with Gasteiger partial charge in [-0.2, -0.15) is 0 Å². The lowest BCUT2D eigenvalue weighted by Gasteiger charge is -2.26. The van der Waals surface area contributed by atoms with Crippen LogP contribution < -0.4 is 0 Å². The van der Waals surface area contributed by atoms with Crippen molar-refractivity contribution in [1.82, 2.24) is 4.90 Å². The molecule has 0 aromatic heterocycles. The lowest BCUT2D eigenvalue weighted by molar-refractivity contribution is -0.176. The fourth-order valence-corrected chi connectivity index (χ4v) is 5.96. The van der Waals surface area contributed by atoms with Gasteiger partial charge in [-0.1, -0.05) is 30.3 Å². The summed E-state index contributed by atoms with van der Waals surface area (Å²) < 4.78 is 29.0. The van der Waals surface area contributed by atoms with Crippen LogP contribution in [0.3, 0.4) is 0 Å². The molecule has 1 heterocycles. The van der Waals surface area contributed by atoms with Gasteiger partial charge in [-0.15, -0.1) is 0 Å². The van der Waals surface area contributed by atoms with Gasteiger partial charge in [0.1, 0.15) is 12.2 Å². The summed E-state index contributed by atoms with van der Waals surface area (Å²) in [4.78, 5) is 38.8. The summed E-state index contributed by atoms with van der Waals surface area (Å²) in [5.74, 6) is -1.47. The minimum Gasteiger partial charge on any atom is -0.427 e. The molecule has 0 bridgehead atoms. The highest BCUT2D eigenvalue weighted by Crippen LogP contribution is 2.48. The number of ether oxygens (including phenoxy) is 2. The normalized spacial score (nSPS) is 17.8. The number of hydrogen-bond donors (Lipinski definition) is 0. The summed E-state index contributed by atoms with van der Waals surface area (Å²) in [6.45, 7) is 7.02. The number of hydrogen-bond acceptors (Lipinski definition) is 7. The number of benzene rings is 1. The molecule has 1 aliphatic rings. The number of unbranched alkanes of at least 4 members (excludes halogenated alkanes) is 1. The molecule has 1 aromatic carbocycles. The molecule has 0 spiro atoms. The van der Waals surface area contributed by atoms with Crippen molar-refractivity contribution >= 4 is 25.2 Å². The Morgan fingerprint density at radius 1 is 1.09 bits per heavy atom. The van der Waals surface area contributed by atoms with Gasteiger partial charge in [-0.3, -0.25) is 14.2 Å². The van der Waals surface area contributed by atoms with Crippen molar-refractivity contribution in [2.24, 2.45) is 5.41 Å². The highest BCUT2D eigenvalue weighted by molar-refractivity contribution is 7.59. The van der Waals surface area contributed by atoms with Crippen molar-refractivity contribution in [3.8, 4) is 0 Å². The zero-order chi connectivity index (χ0) is 25.2. The molecule has 0 radical (unpaired) electrons. The number of nitrogens with zero attached hydrogens (tertiary/aromatic N) is 1. The zero-order valence-corrected chi connectivity index (χ0v) is 21.7. The number of carbonyl (C=O) groups excluding carboxylic acids is 3. The van der Waals surface area contributed by atoms with Gasteiger partial charge in [0.15, 0.2) is 0 Å². The topological polar surface area (TPSA) is 99.2 Å². The molecule has 1 saturated heterocycles. The van der Waals surface area contributed by atoms with Crippen LogP contribution in [0.2, 0.25) is 0 Å². The van der Waals surface area contributed by atoms with Gasteiger partial charge in [0, 0.05) is 12.7 Å². The minimum absolute atomic E-state index is 0.227. The lowest BCUT2D eigenvalue weighted by Crippen LogP contribution is -2.43. The van der Waals surface area contributed by atoms with Crippen molar-refractivity contribution in [3.05, 3.63) is 35.9 Å². The maximum absolute atomic E-state index is 13.4. The molecular formula is C25H38NO7P. The molecule has 34 heavy (non-hydrogen) atoms. The number of rotatable bonds is 12. The summed E-state index contributed by atoms with van der Waals surface area (Å²) in [5, 5.41) is 0. The Labute approximate surface area is 202 Å². The number of likely N-dealkylation sites (tertiary alicyclic amines) is 1. The zero-order valence-electron chi connectivity index (χ0n) is 20.8. The van der Waals surface area contributed by atoms with Gasteiger partial charge in [0.05, 0.1) is 12.0 Å². The molecule has 1 aromatic rings. The monoisotopic (exact) mass is 495 g/mol. The van der Waals surface area contributed by atoms with Gasteiger partial charge < -0.3 is 18.9 Å². The Morgan fingerprint density at radius 3 is 2.44 bits per heavy atom. The molecule has 2 atom stereocenters. The third-order valence-electron chi connectivity index (χ3n) is 5.65. The van der Waals surface area contributed by atoms with E-state index in [9.17, 15) is 18.9 Å². The molecule has 0 aliphatic carbocycles. The van der Waals surface area contributed by atoms with E-state index in [0.29, 0.717) is 32.0 Å². The molecule has 9 heteroatoms. The largest absolute Gasteiger partial charge is 0.427 e. The fourth-order valence-electron chi connectivity index (χ4n) is 3.81. The van der Waals surface area contributed by atoms with E-state index in [1.54, 1.807) is 27.7 Å². The van der Waals surface area contributed by atoms with Crippen LogP contribution in [-0.4, -0.2) is 61.1 Å². The maximum atomic E-state index is 13.4. The summed E-state index contributed by atoms with van der Waals surface area (Å²) in [6, 6.07) is 9.30. The van der Waals surface area contributed by atoms with E-state index < -0.39 is 37.6 Å². The summed E-state index contributed by atoms with van der Waals surface area (Å²) >= 11 is 0. The Hall–Kier alpha value is -2.18. The second-order valence-electron chi connectivity index (χ2n) is 9.56. The lowest BCUT2D eigenvalue weighted by atomic mass is 9.98. The SMILES string of the molecule is CCOP(=O)(CCCCc1ccccc1)CC(=O)N1CCC[C@H]1C(=O)OCOC(=O)C(C)(C)C. The second-order valence-corrected chi connectivity index (χ2v) is 12.2. The smallest absolute Gasteiger partial charge is 0.331 e. The average molecular weight is 496 g/mol. The van der Waals surface area contributed by atoms with Crippen LogP contribution in [-0.2, 0) is 39.4 Å². The van der Waals surface area contributed by atoms with Crippen molar-refractivity contribution in [2.45, 2.75) is 65.8 Å². The molecule has 1 aliphatic heterocycles. The van der Waals surface area contributed by atoms with Crippen LogP contribution in [0.1, 0.15) is 58.9 Å². The van der Waals surface area contributed by atoms with Gasteiger partial charge >= 0.3 is 11.9 Å². The first kappa shape index (κ1) is 28.1. The van der Waals surface area contributed by atoms with E-state index in [1.165, 1.54) is 10.5 Å². The van der Waals surface area contributed by atoms with Crippen molar-refractivity contribution in [3.63, 3.8) is 0 Å². The highest BCUT2D eigenvalue weighted by atomic mass is 31.2. The van der Waals surface area contributed by atoms with Crippen LogP contribution in [0.15, 0.2) is 30.3 Å². The van der Waals surface area contributed by atoms with Crippen LogP contribution >= 0.6 is 7.37 Å². The molecule has 0 N–H and O–H groups in total. The first-order valence-corrected chi connectivity index (χ1v) is 13.9. The molecule has 1 unspecified atom stereocenters. The second kappa shape index (κ2) is 13.1. The fraction of sp³-hybridized carbons (Fsp3) is 0.640. The molecule has 8 nitrogen and oxygen atoms in total. The van der Waals surface area contributed by atoms with Gasteiger partial charge in [0.25, 0.3) is 0 Å².